The highest BCUT2D eigenvalue weighted by atomic mass is 16.5. The third-order valence-electron chi connectivity index (χ3n) is 4.24. The maximum atomic E-state index is 12.2. The number of methoxy groups -OCH3 is 2. The van der Waals surface area contributed by atoms with Gasteiger partial charge in [-0.1, -0.05) is 36.9 Å². The molecule has 0 amide bonds. The van der Waals surface area contributed by atoms with Crippen LogP contribution < -0.4 is 0 Å². The van der Waals surface area contributed by atoms with E-state index in [1.165, 1.54) is 14.2 Å². The van der Waals surface area contributed by atoms with Crippen molar-refractivity contribution in [3.05, 3.63) is 59.4 Å². The SMILES string of the molecule is C=C(C(=C=C(C)C)c1ccccc1)C1CC1(C(=O)OC)C(=O)OC. The number of rotatable bonds is 5. The van der Waals surface area contributed by atoms with Crippen LogP contribution in [-0.4, -0.2) is 26.2 Å². The van der Waals surface area contributed by atoms with Crippen molar-refractivity contribution >= 4 is 17.5 Å². The van der Waals surface area contributed by atoms with E-state index in [1.54, 1.807) is 0 Å². The zero-order valence-corrected chi connectivity index (χ0v) is 14.5. The maximum Gasteiger partial charge on any atom is 0.323 e. The summed E-state index contributed by atoms with van der Waals surface area (Å²) in [5, 5.41) is 0. The fourth-order valence-corrected chi connectivity index (χ4v) is 2.95. The van der Waals surface area contributed by atoms with Crippen molar-refractivity contribution in [2.45, 2.75) is 20.3 Å². The van der Waals surface area contributed by atoms with Crippen LogP contribution in [0.2, 0.25) is 0 Å². The van der Waals surface area contributed by atoms with Gasteiger partial charge in [0.1, 0.15) is 0 Å². The van der Waals surface area contributed by atoms with E-state index in [0.29, 0.717) is 12.0 Å². The van der Waals surface area contributed by atoms with Gasteiger partial charge >= 0.3 is 11.9 Å². The van der Waals surface area contributed by atoms with Gasteiger partial charge in [-0.3, -0.25) is 9.59 Å². The normalized spacial score (nSPS) is 17.2. The number of esters is 2. The minimum Gasteiger partial charge on any atom is -0.468 e. The summed E-state index contributed by atoms with van der Waals surface area (Å²) < 4.78 is 9.66. The van der Waals surface area contributed by atoms with Crippen molar-refractivity contribution < 1.29 is 19.1 Å². The highest BCUT2D eigenvalue weighted by Gasteiger charge is 2.69. The van der Waals surface area contributed by atoms with Crippen LogP contribution in [0.3, 0.4) is 0 Å². The van der Waals surface area contributed by atoms with Gasteiger partial charge in [-0.15, -0.1) is 5.73 Å². The molecule has 0 saturated heterocycles. The summed E-state index contributed by atoms with van der Waals surface area (Å²) in [6, 6.07) is 9.69. The molecular formula is C20H22O4. The summed E-state index contributed by atoms with van der Waals surface area (Å²) in [5.41, 5.74) is 5.43. The zero-order chi connectivity index (χ0) is 17.9. The molecule has 0 aromatic heterocycles. The predicted octanol–water partition coefficient (Wildman–Crippen LogP) is 3.54. The summed E-state index contributed by atoms with van der Waals surface area (Å²) in [7, 11) is 2.55. The molecule has 1 atom stereocenters. The Labute approximate surface area is 142 Å². The van der Waals surface area contributed by atoms with Crippen molar-refractivity contribution in [2.24, 2.45) is 11.3 Å². The minimum atomic E-state index is -1.29. The average molecular weight is 326 g/mol. The molecule has 1 aliphatic carbocycles. The van der Waals surface area contributed by atoms with Crippen LogP contribution in [-0.2, 0) is 19.1 Å². The third-order valence-corrected chi connectivity index (χ3v) is 4.24. The van der Waals surface area contributed by atoms with Gasteiger partial charge in [-0.25, -0.2) is 0 Å². The van der Waals surface area contributed by atoms with Crippen LogP contribution in [0.1, 0.15) is 25.8 Å². The molecule has 1 fully saturated rings. The summed E-state index contributed by atoms with van der Waals surface area (Å²) in [6.45, 7) is 8.03. The van der Waals surface area contributed by atoms with Crippen LogP contribution in [0.4, 0.5) is 0 Å². The highest BCUT2D eigenvalue weighted by Crippen LogP contribution is 2.59. The van der Waals surface area contributed by atoms with E-state index < -0.39 is 17.4 Å². The molecule has 0 heterocycles. The van der Waals surface area contributed by atoms with Gasteiger partial charge < -0.3 is 9.47 Å². The first kappa shape index (κ1) is 17.8. The van der Waals surface area contributed by atoms with Gasteiger partial charge in [0.05, 0.1) is 14.2 Å². The average Bonchev–Trinajstić information content (AvgIpc) is 3.35. The largest absolute Gasteiger partial charge is 0.468 e. The zero-order valence-electron chi connectivity index (χ0n) is 14.5. The Hall–Kier alpha value is -2.58. The van der Waals surface area contributed by atoms with Crippen LogP contribution in [0.5, 0.6) is 0 Å². The van der Waals surface area contributed by atoms with Crippen molar-refractivity contribution in [3.8, 4) is 0 Å². The smallest absolute Gasteiger partial charge is 0.323 e. The molecule has 4 nitrogen and oxygen atoms in total. The summed E-state index contributed by atoms with van der Waals surface area (Å²) in [4.78, 5) is 24.4. The summed E-state index contributed by atoms with van der Waals surface area (Å²) in [5.74, 6) is -1.50. The first-order valence-electron chi connectivity index (χ1n) is 7.74. The molecule has 1 aromatic rings. The molecule has 0 N–H and O–H groups in total. The first-order valence-corrected chi connectivity index (χ1v) is 7.74. The van der Waals surface area contributed by atoms with Gasteiger partial charge in [0.25, 0.3) is 0 Å². The maximum absolute atomic E-state index is 12.2. The molecule has 1 saturated carbocycles. The van der Waals surface area contributed by atoms with Crippen LogP contribution in [0.25, 0.3) is 5.57 Å². The standard InChI is InChI=1S/C20H22O4/c1-13(2)11-16(15-9-7-6-8-10-15)14(3)17-12-20(17,18(21)23-4)19(22)24-5/h6-10,17H,3,12H2,1-2,4-5H3. The molecule has 1 aromatic carbocycles. The lowest BCUT2D eigenvalue weighted by Crippen LogP contribution is -2.30. The summed E-state index contributed by atoms with van der Waals surface area (Å²) >= 11 is 0. The van der Waals surface area contributed by atoms with E-state index in [9.17, 15) is 9.59 Å². The molecule has 24 heavy (non-hydrogen) atoms. The highest BCUT2D eigenvalue weighted by molar-refractivity contribution is 6.05. The molecular weight excluding hydrogens is 304 g/mol. The minimum absolute atomic E-state index is 0.339. The second-order valence-electron chi connectivity index (χ2n) is 6.10. The van der Waals surface area contributed by atoms with E-state index in [-0.39, 0.29) is 5.92 Å². The number of allylic oxidation sites excluding steroid dienone is 2. The Kier molecular flexibility index (Phi) is 5.10. The Bertz CT molecular complexity index is 716. The molecule has 1 aliphatic rings. The number of hydrogen-bond acceptors (Lipinski definition) is 4. The number of ether oxygens (including phenoxy) is 2. The number of carbonyl (C=O) groups is 2. The first-order chi connectivity index (χ1) is 11.4. The molecule has 1 unspecified atom stereocenters. The second kappa shape index (κ2) is 6.90. The molecule has 0 aliphatic heterocycles. The lowest BCUT2D eigenvalue weighted by atomic mass is 9.91. The Morgan fingerprint density at radius 1 is 1.12 bits per heavy atom. The topological polar surface area (TPSA) is 52.6 Å². The molecule has 4 heteroatoms. The molecule has 0 radical (unpaired) electrons. The van der Waals surface area contributed by atoms with Crippen molar-refractivity contribution in [2.75, 3.05) is 14.2 Å². The van der Waals surface area contributed by atoms with E-state index in [2.05, 4.69) is 12.3 Å². The Morgan fingerprint density at radius 3 is 2.12 bits per heavy atom. The van der Waals surface area contributed by atoms with Gasteiger partial charge in [0, 0.05) is 11.5 Å². The molecule has 0 bridgehead atoms. The van der Waals surface area contributed by atoms with E-state index in [4.69, 9.17) is 9.47 Å². The Balaban J connectivity index is 2.45. The molecule has 2 rings (SSSR count). The second-order valence-corrected chi connectivity index (χ2v) is 6.10. The lowest BCUT2D eigenvalue weighted by molar-refractivity contribution is -0.161. The van der Waals surface area contributed by atoms with E-state index >= 15 is 0 Å². The van der Waals surface area contributed by atoms with Gasteiger partial charge in [-0.05, 0) is 37.0 Å². The monoisotopic (exact) mass is 326 g/mol. The molecule has 0 spiro atoms. The van der Waals surface area contributed by atoms with Crippen LogP contribution in [0.15, 0.2) is 53.8 Å². The molecule has 126 valence electrons. The van der Waals surface area contributed by atoms with Crippen LogP contribution in [0, 0.1) is 11.3 Å². The van der Waals surface area contributed by atoms with Crippen molar-refractivity contribution in [1.82, 2.24) is 0 Å². The van der Waals surface area contributed by atoms with Crippen LogP contribution >= 0.6 is 0 Å². The fourth-order valence-electron chi connectivity index (χ4n) is 2.95. The van der Waals surface area contributed by atoms with Crippen molar-refractivity contribution in [1.29, 1.82) is 0 Å². The quantitative estimate of drug-likeness (QED) is 0.359. The number of carbonyl (C=O) groups excluding carboxylic acids is 2. The van der Waals surface area contributed by atoms with Gasteiger partial charge in [0.2, 0.25) is 0 Å². The number of benzene rings is 1. The van der Waals surface area contributed by atoms with Gasteiger partial charge in [-0.2, -0.15) is 0 Å². The van der Waals surface area contributed by atoms with E-state index in [1.807, 2.05) is 44.2 Å². The lowest BCUT2D eigenvalue weighted by Gasteiger charge is -2.15. The van der Waals surface area contributed by atoms with Crippen molar-refractivity contribution in [3.63, 3.8) is 0 Å². The Morgan fingerprint density at radius 2 is 1.67 bits per heavy atom. The van der Waals surface area contributed by atoms with E-state index in [0.717, 1.165) is 16.7 Å². The van der Waals surface area contributed by atoms with Gasteiger partial charge in [0.15, 0.2) is 5.41 Å². The predicted molar refractivity (Wildman–Crippen MR) is 91.9 cm³/mol. The fraction of sp³-hybridized carbons (Fsp3) is 0.350. The number of hydrogen-bond donors (Lipinski definition) is 0. The summed E-state index contributed by atoms with van der Waals surface area (Å²) in [6.07, 6.45) is 0.339. The third kappa shape index (κ3) is 3.06.